The molecular weight excluding hydrogens is 370 g/mol. The lowest BCUT2D eigenvalue weighted by Crippen LogP contribution is -2.50. The van der Waals surface area contributed by atoms with E-state index in [4.69, 9.17) is 9.72 Å². The van der Waals surface area contributed by atoms with Gasteiger partial charge in [0.2, 0.25) is 5.91 Å². The van der Waals surface area contributed by atoms with Gasteiger partial charge in [-0.05, 0) is 69.1 Å². The molecule has 1 saturated heterocycles. The highest BCUT2D eigenvalue weighted by Crippen LogP contribution is 2.40. The third-order valence-corrected chi connectivity index (χ3v) is 8.22. The molecule has 1 aromatic heterocycles. The van der Waals surface area contributed by atoms with Crippen molar-refractivity contribution in [3.63, 3.8) is 0 Å². The summed E-state index contributed by atoms with van der Waals surface area (Å²) in [6.07, 6.45) is 10.0. The fraction of sp³-hybridized carbons (Fsp3) is 0.818. The molecular formula is C22H33N3O2S. The van der Waals surface area contributed by atoms with Gasteiger partial charge in [-0.15, -0.1) is 11.3 Å². The number of nitrogens with zero attached hydrogens (tertiary/aromatic N) is 2. The molecule has 1 amide bonds. The van der Waals surface area contributed by atoms with Gasteiger partial charge in [-0.1, -0.05) is 0 Å². The molecule has 0 radical (unpaired) electrons. The van der Waals surface area contributed by atoms with Crippen LogP contribution in [0, 0.1) is 17.8 Å². The first-order chi connectivity index (χ1) is 13.6. The van der Waals surface area contributed by atoms with Crippen molar-refractivity contribution in [3.8, 4) is 0 Å². The number of likely N-dealkylation sites (tertiary alicyclic amines) is 1. The summed E-state index contributed by atoms with van der Waals surface area (Å²) in [5, 5.41) is 4.50. The van der Waals surface area contributed by atoms with Gasteiger partial charge in [0.25, 0.3) is 0 Å². The van der Waals surface area contributed by atoms with Crippen LogP contribution >= 0.6 is 11.3 Å². The molecule has 2 saturated carbocycles. The van der Waals surface area contributed by atoms with E-state index in [1.54, 1.807) is 6.92 Å². The second-order valence-electron chi connectivity index (χ2n) is 9.49. The minimum absolute atomic E-state index is 0.0756. The fourth-order valence-electron chi connectivity index (χ4n) is 5.45. The molecule has 1 aromatic rings. The lowest BCUT2D eigenvalue weighted by atomic mass is 9.77. The van der Waals surface area contributed by atoms with Crippen molar-refractivity contribution in [2.45, 2.75) is 77.0 Å². The second-order valence-corrected chi connectivity index (χ2v) is 10.7. The normalized spacial score (nSPS) is 32.8. The molecule has 4 atom stereocenters. The molecule has 1 N–H and O–H groups in total. The zero-order chi connectivity index (χ0) is 19.1. The zero-order valence-corrected chi connectivity index (χ0v) is 17.8. The number of hydrogen-bond acceptors (Lipinski definition) is 5. The van der Waals surface area contributed by atoms with Gasteiger partial charge in [0.15, 0.2) is 0 Å². The average Bonchev–Trinajstić information content (AvgIpc) is 3.27. The molecule has 1 aliphatic heterocycles. The van der Waals surface area contributed by atoms with Gasteiger partial charge in [0, 0.05) is 31.5 Å². The highest BCUT2D eigenvalue weighted by molar-refractivity contribution is 7.11. The number of ether oxygens (including phenoxy) is 1. The van der Waals surface area contributed by atoms with Gasteiger partial charge < -0.3 is 10.1 Å². The van der Waals surface area contributed by atoms with E-state index in [2.05, 4.69) is 10.2 Å². The van der Waals surface area contributed by atoms with E-state index < -0.39 is 0 Å². The molecule has 5 nitrogen and oxygen atoms in total. The molecule has 4 aliphatic rings. The monoisotopic (exact) mass is 403 g/mol. The standard InChI is InChI=1S/C22H33N3O2S/c1-14(26)23-19-8-16-10-25(11-17(16)9-20(19)27-13-15-6-7-15)12-22-24-18-4-2-3-5-21(18)28-22/h15-17,19-20H,2-13H2,1H3,(H,23,26)/t16-,17+,19-,20-/m1/s1. The Kier molecular flexibility index (Phi) is 5.46. The van der Waals surface area contributed by atoms with Crippen molar-refractivity contribution in [1.29, 1.82) is 0 Å². The second kappa shape index (κ2) is 8.04. The third-order valence-electron chi connectivity index (χ3n) is 7.07. The number of aromatic nitrogens is 1. The number of carbonyl (C=O) groups is 1. The number of aryl methyl sites for hydroxylation is 2. The van der Waals surface area contributed by atoms with Crippen LogP contribution in [0.15, 0.2) is 0 Å². The summed E-state index contributed by atoms with van der Waals surface area (Å²) in [4.78, 5) is 20.8. The Labute approximate surface area is 172 Å². The maximum atomic E-state index is 11.7. The smallest absolute Gasteiger partial charge is 0.217 e. The maximum Gasteiger partial charge on any atom is 0.217 e. The number of hydrogen-bond donors (Lipinski definition) is 1. The lowest BCUT2D eigenvalue weighted by molar-refractivity contribution is -0.122. The van der Waals surface area contributed by atoms with Crippen LogP contribution < -0.4 is 5.32 Å². The lowest BCUT2D eigenvalue weighted by Gasteiger charge is -2.38. The SMILES string of the molecule is CC(=O)N[C@@H]1C[C@@H]2CN(Cc3nc4c(s3)CCCC4)C[C@@H]2C[C@H]1OCC1CC1. The van der Waals surface area contributed by atoms with Crippen LogP contribution in [0.25, 0.3) is 0 Å². The van der Waals surface area contributed by atoms with Crippen LogP contribution in [0.2, 0.25) is 0 Å². The van der Waals surface area contributed by atoms with E-state index in [9.17, 15) is 4.79 Å². The van der Waals surface area contributed by atoms with Crippen LogP contribution in [0.5, 0.6) is 0 Å². The van der Waals surface area contributed by atoms with E-state index >= 15 is 0 Å². The van der Waals surface area contributed by atoms with E-state index in [0.29, 0.717) is 11.8 Å². The molecule has 28 heavy (non-hydrogen) atoms. The summed E-state index contributed by atoms with van der Waals surface area (Å²) < 4.78 is 6.29. The summed E-state index contributed by atoms with van der Waals surface area (Å²) in [5.74, 6) is 2.22. The van der Waals surface area contributed by atoms with Gasteiger partial charge in [-0.25, -0.2) is 4.98 Å². The van der Waals surface area contributed by atoms with E-state index in [-0.39, 0.29) is 18.1 Å². The highest BCUT2D eigenvalue weighted by atomic mass is 32.1. The summed E-state index contributed by atoms with van der Waals surface area (Å²) in [5.41, 5.74) is 1.38. The number of rotatable bonds is 6. The topological polar surface area (TPSA) is 54.5 Å². The van der Waals surface area contributed by atoms with Gasteiger partial charge in [0.1, 0.15) is 5.01 Å². The van der Waals surface area contributed by atoms with Crippen LogP contribution in [0.4, 0.5) is 0 Å². The van der Waals surface area contributed by atoms with Crippen LogP contribution in [-0.2, 0) is 28.9 Å². The molecule has 5 rings (SSSR count). The third kappa shape index (κ3) is 4.29. The summed E-state index contributed by atoms with van der Waals surface area (Å²) in [6, 6.07) is 0.185. The Bertz CT molecular complexity index is 693. The van der Waals surface area contributed by atoms with E-state index in [0.717, 1.165) is 45.0 Å². The van der Waals surface area contributed by atoms with Gasteiger partial charge in [-0.2, -0.15) is 0 Å². The molecule has 3 aliphatic carbocycles. The Hall–Kier alpha value is -0.980. The molecule has 2 heterocycles. The number of nitrogens with one attached hydrogen (secondary N) is 1. The molecule has 0 bridgehead atoms. The number of thiazole rings is 1. The predicted octanol–water partition coefficient (Wildman–Crippen LogP) is 3.16. The van der Waals surface area contributed by atoms with E-state index in [1.165, 1.54) is 54.1 Å². The first kappa shape index (κ1) is 19.0. The summed E-state index contributed by atoms with van der Waals surface area (Å²) in [7, 11) is 0. The average molecular weight is 404 g/mol. The molecule has 0 spiro atoms. The number of fused-ring (bicyclic) bond motifs is 2. The van der Waals surface area contributed by atoms with Gasteiger partial charge in [-0.3, -0.25) is 9.69 Å². The first-order valence-corrected chi connectivity index (χ1v) is 12.0. The van der Waals surface area contributed by atoms with Crippen molar-refractivity contribution in [2.75, 3.05) is 19.7 Å². The highest BCUT2D eigenvalue weighted by Gasteiger charge is 2.43. The Morgan fingerprint density at radius 1 is 1.21 bits per heavy atom. The van der Waals surface area contributed by atoms with E-state index in [1.807, 2.05) is 11.3 Å². The Morgan fingerprint density at radius 2 is 2.00 bits per heavy atom. The largest absolute Gasteiger partial charge is 0.376 e. The Balaban J connectivity index is 1.21. The predicted molar refractivity (Wildman–Crippen MR) is 110 cm³/mol. The fourth-order valence-corrected chi connectivity index (χ4v) is 6.64. The van der Waals surface area contributed by atoms with Crippen LogP contribution in [0.1, 0.15) is 61.0 Å². The minimum atomic E-state index is 0.0756. The zero-order valence-electron chi connectivity index (χ0n) is 17.0. The van der Waals surface area contributed by atoms with Crippen molar-refractivity contribution in [1.82, 2.24) is 15.2 Å². The Morgan fingerprint density at radius 3 is 2.75 bits per heavy atom. The number of amides is 1. The molecule has 154 valence electrons. The van der Waals surface area contributed by atoms with Gasteiger partial charge in [0.05, 0.1) is 24.4 Å². The first-order valence-electron chi connectivity index (χ1n) is 11.2. The van der Waals surface area contributed by atoms with Crippen LogP contribution in [-0.4, -0.2) is 47.6 Å². The molecule has 6 heteroatoms. The summed E-state index contributed by atoms with van der Waals surface area (Å²) in [6.45, 7) is 5.82. The van der Waals surface area contributed by atoms with Gasteiger partial charge >= 0.3 is 0 Å². The quantitative estimate of drug-likeness (QED) is 0.793. The van der Waals surface area contributed by atoms with Crippen molar-refractivity contribution >= 4 is 17.2 Å². The van der Waals surface area contributed by atoms with Crippen LogP contribution in [0.3, 0.4) is 0 Å². The molecule has 3 fully saturated rings. The molecule has 0 unspecified atom stereocenters. The minimum Gasteiger partial charge on any atom is -0.376 e. The number of carbonyl (C=O) groups excluding carboxylic acids is 1. The van der Waals surface area contributed by atoms with Crippen molar-refractivity contribution < 1.29 is 9.53 Å². The van der Waals surface area contributed by atoms with Crippen molar-refractivity contribution in [2.24, 2.45) is 17.8 Å². The molecule has 0 aromatic carbocycles. The van der Waals surface area contributed by atoms with Crippen molar-refractivity contribution in [3.05, 3.63) is 15.6 Å². The maximum absolute atomic E-state index is 11.7. The summed E-state index contributed by atoms with van der Waals surface area (Å²) >= 11 is 1.95.